The molecule has 2 heteroatoms. The van der Waals surface area contributed by atoms with Crippen LogP contribution in [-0.4, -0.2) is 12.8 Å². The van der Waals surface area contributed by atoms with Crippen LogP contribution < -0.4 is 5.73 Å². The smallest absolute Gasteiger partial charge is 0.120 e. The summed E-state index contributed by atoms with van der Waals surface area (Å²) >= 11 is 0. The summed E-state index contributed by atoms with van der Waals surface area (Å²) in [5.41, 5.74) is 5.06. The Morgan fingerprint density at radius 1 is 1.50 bits per heavy atom. The van der Waals surface area contributed by atoms with Crippen LogP contribution in [0.1, 0.15) is 26.7 Å². The van der Waals surface area contributed by atoms with Gasteiger partial charge in [0.2, 0.25) is 0 Å². The van der Waals surface area contributed by atoms with Crippen LogP contribution in [0, 0.1) is 0 Å². The van der Waals surface area contributed by atoms with Crippen molar-refractivity contribution in [3.05, 3.63) is 0 Å². The Morgan fingerprint density at radius 3 is 2.12 bits per heavy atom. The summed E-state index contributed by atoms with van der Waals surface area (Å²) in [6.07, 6.45) is 2.31. The van der Waals surface area contributed by atoms with Crippen molar-refractivity contribution >= 4 is 6.29 Å². The molecule has 0 atom stereocenters. The standard InChI is InChI=1S/C4H9NO.C2H6/c5-3-1-2-4-6;1-2/h4H,1-3,5H2;1-2H3. The third kappa shape index (κ3) is 17.4. The van der Waals surface area contributed by atoms with E-state index in [1.807, 2.05) is 13.8 Å². The summed E-state index contributed by atoms with van der Waals surface area (Å²) < 4.78 is 0. The van der Waals surface area contributed by atoms with Gasteiger partial charge in [0.25, 0.3) is 0 Å². The highest BCUT2D eigenvalue weighted by Crippen LogP contribution is 1.75. The van der Waals surface area contributed by atoms with Gasteiger partial charge in [-0.05, 0) is 13.0 Å². The Kier molecular flexibility index (Phi) is 21.1. The van der Waals surface area contributed by atoms with E-state index in [9.17, 15) is 4.79 Å². The first-order valence-corrected chi connectivity index (χ1v) is 3.05. The highest BCUT2D eigenvalue weighted by atomic mass is 16.1. The maximum atomic E-state index is 9.51. The summed E-state index contributed by atoms with van der Waals surface area (Å²) in [7, 11) is 0. The first-order chi connectivity index (χ1) is 3.91. The van der Waals surface area contributed by atoms with Gasteiger partial charge in [0.05, 0.1) is 0 Å². The van der Waals surface area contributed by atoms with Gasteiger partial charge in [-0.3, -0.25) is 0 Å². The fraction of sp³-hybridized carbons (Fsp3) is 0.833. The van der Waals surface area contributed by atoms with Gasteiger partial charge >= 0.3 is 0 Å². The Bertz CT molecular complexity index is 37.5. The summed E-state index contributed by atoms with van der Waals surface area (Å²) in [6.45, 7) is 4.62. The zero-order valence-corrected chi connectivity index (χ0v) is 5.68. The highest BCUT2D eigenvalue weighted by Gasteiger charge is 1.74. The van der Waals surface area contributed by atoms with Crippen LogP contribution >= 0.6 is 0 Å². The van der Waals surface area contributed by atoms with E-state index in [0.717, 1.165) is 12.7 Å². The fourth-order valence-corrected chi connectivity index (χ4v) is 0.201. The summed E-state index contributed by atoms with van der Waals surface area (Å²) in [5.74, 6) is 0. The molecule has 0 aromatic heterocycles. The normalized spacial score (nSPS) is 6.88. The number of aldehydes is 1. The summed E-state index contributed by atoms with van der Waals surface area (Å²) in [5, 5.41) is 0. The third-order valence-electron chi connectivity index (χ3n) is 0.526. The van der Waals surface area contributed by atoms with Crippen LogP contribution in [0.2, 0.25) is 0 Å². The molecule has 2 N–H and O–H groups in total. The number of rotatable bonds is 3. The highest BCUT2D eigenvalue weighted by molar-refractivity contribution is 5.48. The maximum absolute atomic E-state index is 9.51. The second-order valence-electron chi connectivity index (χ2n) is 1.10. The van der Waals surface area contributed by atoms with Crippen molar-refractivity contribution in [2.24, 2.45) is 5.73 Å². The minimum Gasteiger partial charge on any atom is -0.330 e. The van der Waals surface area contributed by atoms with E-state index in [1.165, 1.54) is 0 Å². The van der Waals surface area contributed by atoms with E-state index in [2.05, 4.69) is 0 Å². The molecule has 0 fully saturated rings. The van der Waals surface area contributed by atoms with Gasteiger partial charge in [0.1, 0.15) is 6.29 Å². The molecule has 0 radical (unpaired) electrons. The summed E-state index contributed by atoms with van der Waals surface area (Å²) in [4.78, 5) is 9.51. The average molecular weight is 117 g/mol. The van der Waals surface area contributed by atoms with Gasteiger partial charge in [-0.1, -0.05) is 13.8 Å². The Hall–Kier alpha value is -0.370. The lowest BCUT2D eigenvalue weighted by molar-refractivity contribution is -0.107. The van der Waals surface area contributed by atoms with E-state index in [1.54, 1.807) is 0 Å². The molecule has 0 aliphatic carbocycles. The first kappa shape index (κ1) is 10.6. The van der Waals surface area contributed by atoms with Gasteiger partial charge in [0.15, 0.2) is 0 Å². The topological polar surface area (TPSA) is 43.1 Å². The molecule has 0 bridgehead atoms. The van der Waals surface area contributed by atoms with Crippen molar-refractivity contribution in [3.8, 4) is 0 Å². The van der Waals surface area contributed by atoms with Gasteiger partial charge in [-0.15, -0.1) is 0 Å². The predicted molar refractivity (Wildman–Crippen MR) is 35.7 cm³/mol. The lowest BCUT2D eigenvalue weighted by Crippen LogP contribution is -1.97. The molecule has 0 spiro atoms. The molecule has 0 aromatic rings. The quantitative estimate of drug-likeness (QED) is 0.442. The molecule has 0 amide bonds. The predicted octanol–water partition coefficient (Wildman–Crippen LogP) is 0.950. The van der Waals surface area contributed by atoms with Crippen LogP contribution in [0.15, 0.2) is 0 Å². The maximum Gasteiger partial charge on any atom is 0.120 e. The molecule has 0 saturated carbocycles. The Balaban J connectivity index is 0. The SMILES string of the molecule is CC.NCCCC=O. The van der Waals surface area contributed by atoms with Crippen molar-refractivity contribution in [2.75, 3.05) is 6.54 Å². The minimum absolute atomic E-state index is 0.608. The Morgan fingerprint density at radius 2 is 2.00 bits per heavy atom. The molecule has 0 rings (SSSR count). The van der Waals surface area contributed by atoms with Crippen molar-refractivity contribution in [3.63, 3.8) is 0 Å². The molecule has 0 aliphatic rings. The molecular formula is C6H15NO. The number of carbonyl (C=O) groups is 1. The van der Waals surface area contributed by atoms with Crippen LogP contribution in [-0.2, 0) is 4.79 Å². The number of carbonyl (C=O) groups excluding carboxylic acids is 1. The zero-order chi connectivity index (χ0) is 6.83. The van der Waals surface area contributed by atoms with Gasteiger partial charge in [-0.2, -0.15) is 0 Å². The second kappa shape index (κ2) is 15.9. The minimum atomic E-state index is 0.608. The average Bonchev–Trinajstić information content (AvgIpc) is 1.88. The van der Waals surface area contributed by atoms with Gasteiger partial charge in [-0.25, -0.2) is 0 Å². The van der Waals surface area contributed by atoms with Crippen molar-refractivity contribution < 1.29 is 4.79 Å². The molecule has 0 unspecified atom stereocenters. The number of hydrogen-bond acceptors (Lipinski definition) is 2. The number of nitrogens with two attached hydrogens (primary N) is 1. The lowest BCUT2D eigenvalue weighted by atomic mass is 10.3. The first-order valence-electron chi connectivity index (χ1n) is 3.05. The monoisotopic (exact) mass is 117 g/mol. The lowest BCUT2D eigenvalue weighted by Gasteiger charge is -1.79. The number of hydrogen-bond donors (Lipinski definition) is 1. The van der Waals surface area contributed by atoms with Crippen molar-refractivity contribution in [2.45, 2.75) is 26.7 Å². The molecule has 50 valence electrons. The Labute approximate surface area is 51.1 Å². The molecule has 2 nitrogen and oxygen atoms in total. The number of unbranched alkanes of at least 4 members (excludes halogenated alkanes) is 1. The molecule has 0 aliphatic heterocycles. The van der Waals surface area contributed by atoms with E-state index in [0.29, 0.717) is 13.0 Å². The van der Waals surface area contributed by atoms with Crippen LogP contribution in [0.5, 0.6) is 0 Å². The molecule has 0 aromatic carbocycles. The third-order valence-corrected chi connectivity index (χ3v) is 0.526. The van der Waals surface area contributed by atoms with Crippen LogP contribution in [0.3, 0.4) is 0 Å². The van der Waals surface area contributed by atoms with E-state index in [4.69, 9.17) is 5.73 Å². The summed E-state index contributed by atoms with van der Waals surface area (Å²) in [6, 6.07) is 0. The second-order valence-corrected chi connectivity index (χ2v) is 1.10. The fourth-order valence-electron chi connectivity index (χ4n) is 0.201. The van der Waals surface area contributed by atoms with Gasteiger partial charge < -0.3 is 10.5 Å². The van der Waals surface area contributed by atoms with Crippen molar-refractivity contribution in [1.82, 2.24) is 0 Å². The van der Waals surface area contributed by atoms with E-state index in [-0.39, 0.29) is 0 Å². The molecule has 8 heavy (non-hydrogen) atoms. The zero-order valence-electron chi connectivity index (χ0n) is 5.68. The molecule has 0 saturated heterocycles. The van der Waals surface area contributed by atoms with E-state index < -0.39 is 0 Å². The van der Waals surface area contributed by atoms with Crippen molar-refractivity contribution in [1.29, 1.82) is 0 Å². The molecular weight excluding hydrogens is 102 g/mol. The van der Waals surface area contributed by atoms with Crippen LogP contribution in [0.4, 0.5) is 0 Å². The van der Waals surface area contributed by atoms with Gasteiger partial charge in [0, 0.05) is 6.42 Å². The largest absolute Gasteiger partial charge is 0.330 e. The van der Waals surface area contributed by atoms with E-state index >= 15 is 0 Å². The van der Waals surface area contributed by atoms with Crippen LogP contribution in [0.25, 0.3) is 0 Å². The molecule has 0 heterocycles.